The lowest BCUT2D eigenvalue weighted by Crippen LogP contribution is -2.01. The highest BCUT2D eigenvalue weighted by atomic mass is 32.1. The van der Waals surface area contributed by atoms with Gasteiger partial charge in [0.15, 0.2) is 17.5 Å². The number of hydrogen-bond acceptors (Lipinski definition) is 5. The molecule has 0 aliphatic carbocycles. The number of aromatic nitrogens is 4. The van der Waals surface area contributed by atoms with Gasteiger partial charge in [-0.3, -0.25) is 0 Å². The van der Waals surface area contributed by atoms with E-state index in [0.717, 1.165) is 55.3 Å². The normalized spacial score (nSPS) is 12.0. The average Bonchev–Trinajstić information content (AvgIpc) is 4.06. The zero-order valence-corrected chi connectivity index (χ0v) is 35.6. The quantitative estimate of drug-likeness (QED) is 0.173. The maximum atomic E-state index is 6.32. The van der Waals surface area contributed by atoms with Crippen LogP contribution < -0.4 is 0 Å². The van der Waals surface area contributed by atoms with Crippen LogP contribution in [-0.4, -0.2) is 19.5 Å². The first-order valence-electron chi connectivity index (χ1n) is 21.8. The summed E-state index contributed by atoms with van der Waals surface area (Å²) in [5.74, 6) is 1.78. The van der Waals surface area contributed by atoms with E-state index >= 15 is 0 Å². The minimum atomic E-state index is 0.580. The second-order valence-electron chi connectivity index (χ2n) is 16.7. The van der Waals surface area contributed by atoms with E-state index in [9.17, 15) is 0 Å². The Morgan fingerprint density at radius 1 is 0.354 bits per heavy atom. The smallest absolute Gasteiger partial charge is 0.164 e. The summed E-state index contributed by atoms with van der Waals surface area (Å²) in [5.41, 5.74) is 10.0. The van der Waals surface area contributed by atoms with Crippen molar-refractivity contribution in [3.63, 3.8) is 0 Å². The topological polar surface area (TPSA) is 56.7 Å². The highest BCUT2D eigenvalue weighted by Crippen LogP contribution is 2.44. The van der Waals surface area contributed by atoms with Gasteiger partial charge in [0.05, 0.1) is 11.0 Å². The van der Waals surface area contributed by atoms with Crippen LogP contribution in [0.1, 0.15) is 0 Å². The van der Waals surface area contributed by atoms with Gasteiger partial charge in [0.1, 0.15) is 11.2 Å². The summed E-state index contributed by atoms with van der Waals surface area (Å²) in [6.45, 7) is 0. The van der Waals surface area contributed by atoms with E-state index < -0.39 is 0 Å². The number of furan rings is 1. The molecule has 0 bridgehead atoms. The summed E-state index contributed by atoms with van der Waals surface area (Å²) in [4.78, 5) is 15.5. The van der Waals surface area contributed by atoms with Crippen LogP contribution in [0.4, 0.5) is 0 Å². The standard InChI is InChI=1S/C59H34N4OS/c1-2-14-37(15-3-1)57-60-58(62-59(61-57)40-26-28-46-45-20-8-9-23-50(45)64-51(46)33-40)39-16-10-17-41(32-39)63-55-43-19-7-5-13-36(43)24-29-48(55)47-22-11-21-44(56(47)63)38-25-30-49-53(34-38)65-52-31-27-35-12-4-6-18-42(35)54(49)52/h1-34H. The van der Waals surface area contributed by atoms with E-state index in [1.165, 1.54) is 63.6 Å². The van der Waals surface area contributed by atoms with Crippen LogP contribution in [0.25, 0.3) is 136 Å². The van der Waals surface area contributed by atoms with Crippen molar-refractivity contribution in [3.8, 4) is 51.0 Å². The molecular formula is C59H34N4OS. The van der Waals surface area contributed by atoms with Gasteiger partial charge in [-0.2, -0.15) is 0 Å². The Hall–Kier alpha value is -8.45. The summed E-state index contributed by atoms with van der Waals surface area (Å²) in [6.07, 6.45) is 0. The molecule has 0 aliphatic rings. The summed E-state index contributed by atoms with van der Waals surface area (Å²) in [5, 5.41) is 12.1. The first-order chi connectivity index (χ1) is 32.2. The van der Waals surface area contributed by atoms with Crippen LogP contribution in [0, 0.1) is 0 Å². The van der Waals surface area contributed by atoms with Crippen LogP contribution in [0.2, 0.25) is 0 Å². The highest BCUT2D eigenvalue weighted by Gasteiger charge is 2.21. The van der Waals surface area contributed by atoms with E-state index in [-0.39, 0.29) is 0 Å². The van der Waals surface area contributed by atoms with Crippen LogP contribution in [0.5, 0.6) is 0 Å². The molecule has 0 N–H and O–H groups in total. The first-order valence-corrected chi connectivity index (χ1v) is 22.7. The van der Waals surface area contributed by atoms with Gasteiger partial charge in [-0.1, -0.05) is 164 Å². The Bertz CT molecular complexity index is 4260. The molecular weight excluding hydrogens is 813 g/mol. The SMILES string of the molecule is c1ccc(-c2nc(-c3cccc(-n4c5c(-c6ccc7c(c6)sc6ccc8ccccc8c67)cccc5c5ccc6ccccc6c54)c3)nc(-c3ccc4c(c3)oc3ccccc34)n2)cc1. The molecule has 0 saturated carbocycles. The predicted octanol–water partition coefficient (Wildman–Crippen LogP) is 16.2. The van der Waals surface area contributed by atoms with Crippen LogP contribution in [-0.2, 0) is 0 Å². The Labute approximate surface area is 376 Å². The van der Waals surface area contributed by atoms with Crippen molar-refractivity contribution in [1.82, 2.24) is 19.5 Å². The molecule has 4 aromatic heterocycles. The van der Waals surface area contributed by atoms with E-state index in [2.05, 4.69) is 156 Å². The molecule has 14 rings (SSSR count). The van der Waals surface area contributed by atoms with Gasteiger partial charge in [0.2, 0.25) is 0 Å². The number of rotatable bonds is 5. The van der Waals surface area contributed by atoms with Crippen molar-refractivity contribution in [3.05, 3.63) is 206 Å². The Balaban J connectivity index is 0.989. The monoisotopic (exact) mass is 846 g/mol. The molecule has 14 aromatic rings. The minimum Gasteiger partial charge on any atom is -0.456 e. The number of hydrogen-bond donors (Lipinski definition) is 0. The number of benzene rings is 10. The van der Waals surface area contributed by atoms with Crippen molar-refractivity contribution in [2.75, 3.05) is 0 Å². The molecule has 0 unspecified atom stereocenters. The van der Waals surface area contributed by atoms with Crippen LogP contribution in [0.3, 0.4) is 0 Å². The third kappa shape index (κ3) is 5.61. The molecule has 0 spiro atoms. The summed E-state index contributed by atoms with van der Waals surface area (Å²) in [6, 6.07) is 73.4. The lowest BCUT2D eigenvalue weighted by molar-refractivity contribution is 0.669. The Kier molecular flexibility index (Phi) is 7.79. The maximum absolute atomic E-state index is 6.32. The third-order valence-electron chi connectivity index (χ3n) is 13.0. The number of nitrogens with zero attached hydrogens (tertiary/aromatic N) is 4. The molecule has 6 heteroatoms. The number of para-hydroxylation sites is 2. The zero-order chi connectivity index (χ0) is 42.6. The summed E-state index contributed by atoms with van der Waals surface area (Å²) >= 11 is 1.87. The largest absolute Gasteiger partial charge is 0.456 e. The molecule has 302 valence electrons. The van der Waals surface area contributed by atoms with E-state index in [0.29, 0.717) is 17.5 Å². The lowest BCUT2D eigenvalue weighted by atomic mass is 9.99. The molecule has 4 heterocycles. The van der Waals surface area contributed by atoms with Gasteiger partial charge < -0.3 is 8.98 Å². The zero-order valence-electron chi connectivity index (χ0n) is 34.7. The van der Waals surface area contributed by atoms with Crippen LogP contribution in [0.15, 0.2) is 211 Å². The van der Waals surface area contributed by atoms with Gasteiger partial charge in [-0.15, -0.1) is 11.3 Å². The van der Waals surface area contributed by atoms with Crippen molar-refractivity contribution in [1.29, 1.82) is 0 Å². The average molecular weight is 847 g/mol. The molecule has 0 saturated heterocycles. The van der Waals surface area contributed by atoms with Crippen molar-refractivity contribution in [2.45, 2.75) is 0 Å². The fraction of sp³-hybridized carbons (Fsp3) is 0. The van der Waals surface area contributed by atoms with Crippen molar-refractivity contribution < 1.29 is 4.42 Å². The molecule has 5 nitrogen and oxygen atoms in total. The molecule has 10 aromatic carbocycles. The summed E-state index contributed by atoms with van der Waals surface area (Å²) < 4.78 is 11.4. The first kappa shape index (κ1) is 36.1. The fourth-order valence-corrected chi connectivity index (χ4v) is 11.2. The van der Waals surface area contributed by atoms with Gasteiger partial charge in [0.25, 0.3) is 0 Å². The van der Waals surface area contributed by atoms with Gasteiger partial charge in [-0.05, 0) is 64.2 Å². The molecule has 0 amide bonds. The molecule has 0 aliphatic heterocycles. The van der Waals surface area contributed by atoms with E-state index in [1.807, 2.05) is 65.9 Å². The fourth-order valence-electron chi connectivity index (χ4n) is 10.0. The molecule has 65 heavy (non-hydrogen) atoms. The van der Waals surface area contributed by atoms with Gasteiger partial charge >= 0.3 is 0 Å². The summed E-state index contributed by atoms with van der Waals surface area (Å²) in [7, 11) is 0. The molecule has 0 fully saturated rings. The lowest BCUT2D eigenvalue weighted by Gasteiger charge is -2.14. The second-order valence-corrected chi connectivity index (χ2v) is 17.8. The van der Waals surface area contributed by atoms with E-state index in [1.54, 1.807) is 0 Å². The van der Waals surface area contributed by atoms with Crippen molar-refractivity contribution in [2.24, 2.45) is 0 Å². The third-order valence-corrected chi connectivity index (χ3v) is 14.1. The molecule has 0 atom stereocenters. The molecule has 0 radical (unpaired) electrons. The van der Waals surface area contributed by atoms with Gasteiger partial charge in [-0.25, -0.2) is 15.0 Å². The Morgan fingerprint density at radius 3 is 1.82 bits per heavy atom. The van der Waals surface area contributed by atoms with Gasteiger partial charge in [0, 0.05) is 75.0 Å². The second kappa shape index (κ2) is 14.0. The van der Waals surface area contributed by atoms with Crippen LogP contribution >= 0.6 is 11.3 Å². The van der Waals surface area contributed by atoms with E-state index in [4.69, 9.17) is 19.4 Å². The highest BCUT2D eigenvalue weighted by molar-refractivity contribution is 7.26. The number of thiophene rings is 1. The maximum Gasteiger partial charge on any atom is 0.164 e. The minimum absolute atomic E-state index is 0.580. The van der Waals surface area contributed by atoms with Crippen molar-refractivity contribution >= 4 is 96.8 Å². The predicted molar refractivity (Wildman–Crippen MR) is 271 cm³/mol. The Morgan fingerprint density at radius 2 is 0.954 bits per heavy atom. The number of fused-ring (bicyclic) bond motifs is 13.